The predicted octanol–water partition coefficient (Wildman–Crippen LogP) is 2.90. The Kier molecular flexibility index (Phi) is 6.55. The van der Waals surface area contributed by atoms with Crippen molar-refractivity contribution in [2.75, 3.05) is 7.11 Å². The molecule has 6 nitrogen and oxygen atoms in total. The van der Waals surface area contributed by atoms with E-state index in [1.165, 1.54) is 32.2 Å². The SMILES string of the molecule is COc1cc(C(=O)O[C@H](C)C(=O)NC2CCCC2)ccc1OC(F)F. The van der Waals surface area contributed by atoms with Crippen molar-refractivity contribution in [2.45, 2.75) is 51.4 Å². The Hall–Kier alpha value is -2.38. The summed E-state index contributed by atoms with van der Waals surface area (Å²) in [6, 6.07) is 3.80. The number of ether oxygens (including phenoxy) is 3. The van der Waals surface area contributed by atoms with Gasteiger partial charge in [-0.05, 0) is 38.0 Å². The van der Waals surface area contributed by atoms with Gasteiger partial charge in [0, 0.05) is 6.04 Å². The highest BCUT2D eigenvalue weighted by Gasteiger charge is 2.24. The summed E-state index contributed by atoms with van der Waals surface area (Å²) in [5, 5.41) is 2.84. The molecule has 8 heteroatoms. The molecule has 0 radical (unpaired) electrons. The number of nitrogens with one attached hydrogen (secondary N) is 1. The molecular formula is C17H21F2NO5. The number of amides is 1. The van der Waals surface area contributed by atoms with Crippen molar-refractivity contribution in [1.82, 2.24) is 5.32 Å². The van der Waals surface area contributed by atoms with Gasteiger partial charge < -0.3 is 19.5 Å². The minimum atomic E-state index is -3.01. The zero-order valence-corrected chi connectivity index (χ0v) is 14.1. The van der Waals surface area contributed by atoms with Crippen LogP contribution < -0.4 is 14.8 Å². The molecule has 138 valence electrons. The van der Waals surface area contributed by atoms with Gasteiger partial charge in [-0.2, -0.15) is 8.78 Å². The first-order valence-corrected chi connectivity index (χ1v) is 8.05. The molecule has 0 spiro atoms. The van der Waals surface area contributed by atoms with Gasteiger partial charge in [-0.1, -0.05) is 12.8 Å². The molecule has 1 aliphatic carbocycles. The molecule has 0 bridgehead atoms. The molecule has 1 aliphatic rings. The maximum absolute atomic E-state index is 12.3. The van der Waals surface area contributed by atoms with E-state index in [9.17, 15) is 18.4 Å². The highest BCUT2D eigenvalue weighted by molar-refractivity contribution is 5.92. The molecule has 0 aliphatic heterocycles. The average Bonchev–Trinajstić information content (AvgIpc) is 3.07. The number of esters is 1. The summed E-state index contributed by atoms with van der Waals surface area (Å²) >= 11 is 0. The topological polar surface area (TPSA) is 73.9 Å². The van der Waals surface area contributed by atoms with E-state index in [1.54, 1.807) is 0 Å². The maximum atomic E-state index is 12.3. The first kappa shape index (κ1) is 19.0. The lowest BCUT2D eigenvalue weighted by atomic mass is 10.2. The van der Waals surface area contributed by atoms with Gasteiger partial charge in [-0.3, -0.25) is 4.79 Å². The third kappa shape index (κ3) is 5.30. The van der Waals surface area contributed by atoms with Crippen LogP contribution in [0.4, 0.5) is 8.78 Å². The number of benzene rings is 1. The smallest absolute Gasteiger partial charge is 0.387 e. The fourth-order valence-corrected chi connectivity index (χ4v) is 2.66. The van der Waals surface area contributed by atoms with Crippen LogP contribution in [0.5, 0.6) is 11.5 Å². The number of rotatable bonds is 7. The largest absolute Gasteiger partial charge is 0.493 e. The number of alkyl halides is 2. The Morgan fingerprint density at radius 1 is 1.20 bits per heavy atom. The van der Waals surface area contributed by atoms with Crippen LogP contribution in [-0.2, 0) is 9.53 Å². The number of carbonyl (C=O) groups excluding carboxylic acids is 2. The molecule has 1 saturated carbocycles. The van der Waals surface area contributed by atoms with Gasteiger partial charge in [0.1, 0.15) is 0 Å². The molecule has 1 amide bonds. The highest BCUT2D eigenvalue weighted by Crippen LogP contribution is 2.29. The van der Waals surface area contributed by atoms with Crippen molar-refractivity contribution >= 4 is 11.9 Å². The Bertz CT molecular complexity index is 617. The Balaban J connectivity index is 1.98. The predicted molar refractivity (Wildman–Crippen MR) is 84.9 cm³/mol. The van der Waals surface area contributed by atoms with Crippen LogP contribution >= 0.6 is 0 Å². The third-order valence-electron chi connectivity index (χ3n) is 3.97. The first-order chi connectivity index (χ1) is 11.9. The summed E-state index contributed by atoms with van der Waals surface area (Å²) in [7, 11) is 1.26. The average molecular weight is 357 g/mol. The molecule has 1 fully saturated rings. The standard InChI is InChI=1S/C17H21F2NO5/c1-10(15(21)20-12-5-3-4-6-12)24-16(22)11-7-8-13(25-17(18)19)14(9-11)23-2/h7-10,12,17H,3-6H2,1-2H3,(H,20,21)/t10-/m1/s1. The summed E-state index contributed by atoms with van der Waals surface area (Å²) in [4.78, 5) is 24.2. The lowest BCUT2D eigenvalue weighted by Crippen LogP contribution is -2.40. The van der Waals surface area contributed by atoms with Crippen molar-refractivity contribution in [2.24, 2.45) is 0 Å². The lowest BCUT2D eigenvalue weighted by molar-refractivity contribution is -0.129. The summed E-state index contributed by atoms with van der Waals surface area (Å²) in [5.41, 5.74) is 0.0685. The molecule has 1 aromatic carbocycles. The van der Waals surface area contributed by atoms with Crippen LogP contribution in [0.25, 0.3) is 0 Å². The van der Waals surface area contributed by atoms with Crippen molar-refractivity contribution in [3.8, 4) is 11.5 Å². The lowest BCUT2D eigenvalue weighted by Gasteiger charge is -2.17. The van der Waals surface area contributed by atoms with Crippen LogP contribution in [0.15, 0.2) is 18.2 Å². The monoisotopic (exact) mass is 357 g/mol. The van der Waals surface area contributed by atoms with Gasteiger partial charge >= 0.3 is 12.6 Å². The minimum absolute atomic E-state index is 0.0298. The first-order valence-electron chi connectivity index (χ1n) is 8.05. The van der Waals surface area contributed by atoms with Gasteiger partial charge in [-0.25, -0.2) is 4.79 Å². The van der Waals surface area contributed by atoms with Gasteiger partial charge in [0.2, 0.25) is 0 Å². The number of hydrogen-bond donors (Lipinski definition) is 1. The second-order valence-corrected chi connectivity index (χ2v) is 5.78. The van der Waals surface area contributed by atoms with Gasteiger partial charge in [0.25, 0.3) is 5.91 Å². The van der Waals surface area contributed by atoms with Crippen LogP contribution in [0.3, 0.4) is 0 Å². The number of carbonyl (C=O) groups is 2. The summed E-state index contributed by atoms with van der Waals surface area (Å²) in [5.74, 6) is -1.33. The normalized spacial score (nSPS) is 15.7. The van der Waals surface area contributed by atoms with E-state index < -0.39 is 18.7 Å². The van der Waals surface area contributed by atoms with Crippen molar-refractivity contribution in [3.05, 3.63) is 23.8 Å². The zero-order chi connectivity index (χ0) is 18.4. The maximum Gasteiger partial charge on any atom is 0.387 e. The number of hydrogen-bond acceptors (Lipinski definition) is 5. The highest BCUT2D eigenvalue weighted by atomic mass is 19.3. The van der Waals surface area contributed by atoms with E-state index in [4.69, 9.17) is 9.47 Å². The molecule has 1 N–H and O–H groups in total. The van der Waals surface area contributed by atoms with E-state index in [2.05, 4.69) is 10.1 Å². The molecule has 1 aromatic rings. The molecule has 1 atom stereocenters. The summed E-state index contributed by atoms with van der Waals surface area (Å²) in [6.45, 7) is -1.53. The van der Waals surface area contributed by atoms with E-state index >= 15 is 0 Å². The Morgan fingerprint density at radius 3 is 2.48 bits per heavy atom. The fourth-order valence-electron chi connectivity index (χ4n) is 2.66. The van der Waals surface area contributed by atoms with Crippen LogP contribution in [-0.4, -0.2) is 37.7 Å². The molecule has 25 heavy (non-hydrogen) atoms. The molecule has 0 aromatic heterocycles. The Morgan fingerprint density at radius 2 is 1.88 bits per heavy atom. The Labute approximate surface area is 144 Å². The molecule has 0 unspecified atom stereocenters. The van der Waals surface area contributed by atoms with E-state index in [0.29, 0.717) is 0 Å². The quantitative estimate of drug-likeness (QED) is 0.760. The number of halogens is 2. The van der Waals surface area contributed by atoms with Crippen molar-refractivity contribution < 1.29 is 32.6 Å². The summed E-state index contributed by atoms with van der Waals surface area (Å²) in [6.07, 6.45) is 3.04. The van der Waals surface area contributed by atoms with E-state index in [0.717, 1.165) is 25.7 Å². The molecular weight excluding hydrogens is 336 g/mol. The minimum Gasteiger partial charge on any atom is -0.493 e. The number of methoxy groups -OCH3 is 1. The third-order valence-corrected chi connectivity index (χ3v) is 3.97. The van der Waals surface area contributed by atoms with Gasteiger partial charge in [0.05, 0.1) is 12.7 Å². The zero-order valence-electron chi connectivity index (χ0n) is 14.1. The second kappa shape index (κ2) is 8.64. The van der Waals surface area contributed by atoms with E-state index in [1.807, 2.05) is 0 Å². The van der Waals surface area contributed by atoms with Crippen LogP contribution in [0, 0.1) is 0 Å². The van der Waals surface area contributed by atoms with Crippen LogP contribution in [0.2, 0.25) is 0 Å². The van der Waals surface area contributed by atoms with Crippen LogP contribution in [0.1, 0.15) is 43.0 Å². The second-order valence-electron chi connectivity index (χ2n) is 5.78. The molecule has 0 saturated heterocycles. The molecule has 2 rings (SSSR count). The fraction of sp³-hybridized carbons (Fsp3) is 0.529. The molecule has 0 heterocycles. The van der Waals surface area contributed by atoms with Crippen molar-refractivity contribution in [3.63, 3.8) is 0 Å². The van der Waals surface area contributed by atoms with E-state index in [-0.39, 0.29) is 29.0 Å². The van der Waals surface area contributed by atoms with Gasteiger partial charge in [0.15, 0.2) is 17.6 Å². The van der Waals surface area contributed by atoms with Crippen molar-refractivity contribution in [1.29, 1.82) is 0 Å². The summed E-state index contributed by atoms with van der Waals surface area (Å²) < 4.78 is 39.0. The van der Waals surface area contributed by atoms with Gasteiger partial charge in [-0.15, -0.1) is 0 Å².